The molecule has 2 amide bonds. The molecule has 0 unspecified atom stereocenters. The van der Waals surface area contributed by atoms with Crippen molar-refractivity contribution in [3.8, 4) is 11.6 Å². The van der Waals surface area contributed by atoms with E-state index in [1.165, 1.54) is 50.2 Å². The van der Waals surface area contributed by atoms with E-state index in [0.29, 0.717) is 42.0 Å². The number of nitrogens with one attached hydrogen (secondary N) is 2. The van der Waals surface area contributed by atoms with E-state index in [2.05, 4.69) is 51.0 Å². The maximum Gasteiger partial charge on any atom is 0.358 e. The molecule has 0 spiro atoms. The summed E-state index contributed by atoms with van der Waals surface area (Å²) in [6.07, 6.45) is 12.1. The fourth-order valence-electron chi connectivity index (χ4n) is 4.78. The number of esters is 1. The van der Waals surface area contributed by atoms with Gasteiger partial charge in [-0.3, -0.25) is 18.7 Å². The number of ether oxygens (including phenoxy) is 1. The van der Waals surface area contributed by atoms with Gasteiger partial charge in [0.2, 0.25) is 0 Å². The molecular weight excluding hydrogens is 684 g/mol. The van der Waals surface area contributed by atoms with Crippen LogP contribution >= 0.6 is 11.6 Å². The van der Waals surface area contributed by atoms with E-state index >= 15 is 0 Å². The molecule has 6 aromatic rings. The first kappa shape index (κ1) is 33.9. The number of amides is 2. The van der Waals surface area contributed by atoms with Crippen molar-refractivity contribution in [2.45, 2.75) is 19.3 Å². The average Bonchev–Trinajstić information content (AvgIpc) is 3.89. The summed E-state index contributed by atoms with van der Waals surface area (Å²) in [5, 5.41) is 30.8. The Labute approximate surface area is 292 Å². The fraction of sp³-hybridized carbons (Fsp3) is 0.125. The number of methoxy groups -OCH3 is 1. The Morgan fingerprint density at radius 3 is 1.88 bits per heavy atom. The van der Waals surface area contributed by atoms with Crippen molar-refractivity contribution in [3.63, 3.8) is 0 Å². The molecule has 0 atom stereocenters. The molecule has 6 heterocycles. The first-order valence-electron chi connectivity index (χ1n) is 15.0. The number of imidazole rings is 2. The fourth-order valence-corrected chi connectivity index (χ4v) is 5.01. The molecular formula is C32H25ClN12O6. The lowest BCUT2D eigenvalue weighted by atomic mass is 10.0. The summed E-state index contributed by atoms with van der Waals surface area (Å²) >= 11 is 6.44. The molecule has 3 N–H and O–H groups in total. The molecule has 51 heavy (non-hydrogen) atoms. The van der Waals surface area contributed by atoms with Crippen LogP contribution in [-0.4, -0.2) is 85.4 Å². The monoisotopic (exact) mass is 708 g/mol. The van der Waals surface area contributed by atoms with Crippen LogP contribution < -0.4 is 10.6 Å². The topological polar surface area (TPSA) is 235 Å². The third-order valence-electron chi connectivity index (χ3n) is 7.29. The summed E-state index contributed by atoms with van der Waals surface area (Å²) in [4.78, 5) is 66.5. The zero-order valence-electron chi connectivity index (χ0n) is 26.5. The van der Waals surface area contributed by atoms with E-state index in [1.54, 1.807) is 46.1 Å². The van der Waals surface area contributed by atoms with Gasteiger partial charge in [0, 0.05) is 31.0 Å². The largest absolute Gasteiger partial charge is 0.476 e. The minimum atomic E-state index is -1.34. The van der Waals surface area contributed by atoms with Crippen molar-refractivity contribution in [1.29, 1.82) is 0 Å². The highest BCUT2D eigenvalue weighted by molar-refractivity contribution is 6.30. The van der Waals surface area contributed by atoms with Gasteiger partial charge in [-0.25, -0.2) is 29.5 Å². The molecule has 0 aliphatic heterocycles. The first-order chi connectivity index (χ1) is 24.7. The molecule has 19 heteroatoms. The summed E-state index contributed by atoms with van der Waals surface area (Å²) in [5.41, 5.74) is 0.495. The van der Waals surface area contributed by atoms with Crippen molar-refractivity contribution in [3.05, 3.63) is 119 Å². The number of pyridine rings is 2. The maximum atomic E-state index is 13.1. The molecule has 0 aliphatic carbocycles. The zero-order valence-corrected chi connectivity index (χ0v) is 27.2. The first-order valence-corrected chi connectivity index (χ1v) is 15.3. The van der Waals surface area contributed by atoms with Crippen molar-refractivity contribution in [1.82, 2.24) is 49.5 Å². The van der Waals surface area contributed by atoms with E-state index in [9.17, 15) is 24.3 Å². The van der Waals surface area contributed by atoms with Gasteiger partial charge in [0.05, 0.1) is 18.5 Å². The van der Waals surface area contributed by atoms with Crippen molar-refractivity contribution >= 4 is 46.7 Å². The summed E-state index contributed by atoms with van der Waals surface area (Å²) < 4.78 is 8.06. The average molecular weight is 709 g/mol. The van der Waals surface area contributed by atoms with Crippen LogP contribution in [0.4, 0.5) is 11.4 Å². The molecule has 0 radical (unpaired) electrons. The molecule has 256 valence electrons. The number of anilines is 2. The summed E-state index contributed by atoms with van der Waals surface area (Å²) in [5.74, 6) is -2.60. The van der Waals surface area contributed by atoms with Crippen LogP contribution in [-0.2, 0) is 17.6 Å². The van der Waals surface area contributed by atoms with Gasteiger partial charge in [0.15, 0.2) is 34.4 Å². The predicted molar refractivity (Wildman–Crippen MR) is 178 cm³/mol. The number of carbonyl (C=O) groups excluding carboxylic acids is 3. The number of carboxylic acids is 1. The standard InChI is InChI=1S/C32H25ClN12O6/c1-51-32(50)27-23(38-30(47)21-6-8-25(43-41-21)45-12-10-35-17-45)14-19(28(33)39-27)4-2-3-18-13-22(26(31(48)49)36-15-18)37-29(46)20-5-7-24(42-40-20)44-11-9-34-16-44/h5-17H,2-4H2,1H3,(H,37,46)(H,38,47)(H,48,49). The van der Waals surface area contributed by atoms with E-state index in [4.69, 9.17) is 16.3 Å². The van der Waals surface area contributed by atoms with Crippen LogP contribution in [0.1, 0.15) is 59.5 Å². The third-order valence-corrected chi connectivity index (χ3v) is 7.61. The Kier molecular flexibility index (Phi) is 10.0. The summed E-state index contributed by atoms with van der Waals surface area (Å²) in [7, 11) is 1.17. The van der Waals surface area contributed by atoms with Crippen molar-refractivity contribution in [2.75, 3.05) is 17.7 Å². The maximum absolute atomic E-state index is 13.1. The van der Waals surface area contributed by atoms with Gasteiger partial charge in [0.1, 0.15) is 17.8 Å². The highest BCUT2D eigenvalue weighted by Gasteiger charge is 2.22. The van der Waals surface area contributed by atoms with E-state index < -0.39 is 23.8 Å². The van der Waals surface area contributed by atoms with E-state index in [1.807, 2.05) is 0 Å². The Morgan fingerprint density at radius 1 is 0.804 bits per heavy atom. The van der Waals surface area contributed by atoms with Crippen molar-refractivity contribution < 1.29 is 29.0 Å². The van der Waals surface area contributed by atoms with Gasteiger partial charge < -0.3 is 20.5 Å². The Balaban J connectivity index is 1.15. The summed E-state index contributed by atoms with van der Waals surface area (Å²) in [6.45, 7) is 0. The number of hydrogen-bond acceptors (Lipinski definition) is 13. The van der Waals surface area contributed by atoms with Crippen LogP contribution in [0.25, 0.3) is 11.6 Å². The number of carboxylic acid groups (broad SMARTS) is 1. The number of nitrogens with zero attached hydrogens (tertiary/aromatic N) is 10. The Hall–Kier alpha value is -6.95. The molecule has 0 aliphatic rings. The lowest BCUT2D eigenvalue weighted by Crippen LogP contribution is -2.19. The molecule has 18 nitrogen and oxygen atoms in total. The minimum Gasteiger partial charge on any atom is -0.476 e. The number of aryl methyl sites for hydroxylation is 2. The zero-order chi connectivity index (χ0) is 35.9. The second-order valence-electron chi connectivity index (χ2n) is 10.6. The van der Waals surface area contributed by atoms with Gasteiger partial charge in [-0.2, -0.15) is 0 Å². The second kappa shape index (κ2) is 15.1. The number of aromatic nitrogens is 10. The number of rotatable bonds is 12. The Morgan fingerprint density at radius 2 is 1.39 bits per heavy atom. The number of hydrogen-bond donors (Lipinski definition) is 3. The van der Waals surface area contributed by atoms with Gasteiger partial charge >= 0.3 is 11.9 Å². The highest BCUT2D eigenvalue weighted by Crippen LogP contribution is 2.26. The van der Waals surface area contributed by atoms with Crippen LogP contribution in [0, 0.1) is 0 Å². The predicted octanol–water partition coefficient (Wildman–Crippen LogP) is 3.25. The van der Waals surface area contributed by atoms with E-state index in [0.717, 1.165) is 0 Å². The lowest BCUT2D eigenvalue weighted by molar-refractivity contribution is 0.0594. The normalized spacial score (nSPS) is 10.8. The molecule has 0 aromatic carbocycles. The van der Waals surface area contributed by atoms with Crippen LogP contribution in [0.2, 0.25) is 5.15 Å². The van der Waals surface area contributed by atoms with Crippen molar-refractivity contribution in [2.24, 2.45) is 0 Å². The molecule has 0 saturated carbocycles. The smallest absolute Gasteiger partial charge is 0.358 e. The highest BCUT2D eigenvalue weighted by atomic mass is 35.5. The number of halogens is 1. The van der Waals surface area contributed by atoms with Crippen LogP contribution in [0.5, 0.6) is 0 Å². The van der Waals surface area contributed by atoms with Gasteiger partial charge in [-0.1, -0.05) is 11.6 Å². The molecule has 6 rings (SSSR count). The molecule has 0 saturated heterocycles. The molecule has 0 fully saturated rings. The Bertz CT molecular complexity index is 2210. The summed E-state index contributed by atoms with van der Waals surface area (Å²) in [6, 6.07) is 9.09. The lowest BCUT2D eigenvalue weighted by Gasteiger charge is -2.13. The second-order valence-corrected chi connectivity index (χ2v) is 11.0. The van der Waals surface area contributed by atoms with E-state index in [-0.39, 0.29) is 39.3 Å². The quantitative estimate of drug-likeness (QED) is 0.122. The number of aromatic carboxylic acids is 1. The molecule has 0 bridgehead atoms. The third kappa shape index (κ3) is 7.86. The van der Waals surface area contributed by atoms with Gasteiger partial charge in [-0.15, -0.1) is 20.4 Å². The van der Waals surface area contributed by atoms with Crippen LogP contribution in [0.3, 0.4) is 0 Å². The van der Waals surface area contributed by atoms with Crippen LogP contribution in [0.15, 0.2) is 80.0 Å². The van der Waals surface area contributed by atoms with Gasteiger partial charge in [0.25, 0.3) is 11.8 Å². The van der Waals surface area contributed by atoms with Gasteiger partial charge in [-0.05, 0) is 66.8 Å². The number of carbonyl (C=O) groups is 4. The minimum absolute atomic E-state index is 0.0188. The SMILES string of the molecule is COC(=O)c1nc(Cl)c(CCCc2cnc(C(=O)O)c(NC(=O)c3ccc(-n4ccnc4)nn3)c2)cc1NC(=O)c1ccc(-n2ccnc2)nn1. The molecule has 6 aromatic heterocycles.